The second kappa shape index (κ2) is 5.61. The quantitative estimate of drug-likeness (QED) is 0.558. The number of rotatable bonds is 5. The molecule has 1 atom stereocenters. The van der Waals surface area contributed by atoms with Crippen LogP contribution in [0.15, 0.2) is 34.1 Å². The molecule has 0 radical (unpaired) electrons. The van der Waals surface area contributed by atoms with Crippen molar-refractivity contribution in [3.8, 4) is 0 Å². The van der Waals surface area contributed by atoms with Crippen LogP contribution in [0.2, 0.25) is 0 Å². The maximum Gasteiger partial charge on any atom is 0.244 e. The van der Waals surface area contributed by atoms with Crippen molar-refractivity contribution in [3.63, 3.8) is 0 Å². The minimum atomic E-state index is -3.65. The highest BCUT2D eigenvalue weighted by molar-refractivity contribution is 7.89. The molecule has 0 saturated heterocycles. The van der Waals surface area contributed by atoms with E-state index in [-0.39, 0.29) is 16.9 Å². The molecule has 0 saturated carbocycles. The van der Waals surface area contributed by atoms with Crippen LogP contribution in [-0.4, -0.2) is 18.4 Å². The summed E-state index contributed by atoms with van der Waals surface area (Å²) >= 11 is 1.51. The summed E-state index contributed by atoms with van der Waals surface area (Å²) in [6.07, 6.45) is 2.40. The second-order valence-corrected chi connectivity index (χ2v) is 6.28. The van der Waals surface area contributed by atoms with E-state index in [2.05, 4.69) is 20.1 Å². The summed E-state index contributed by atoms with van der Waals surface area (Å²) in [6.45, 7) is 1.77. The molecule has 2 heterocycles. The molecule has 102 valence electrons. The number of hydrazine groups is 1. The number of thiophene rings is 1. The largest absolute Gasteiger partial charge is 0.292 e. The van der Waals surface area contributed by atoms with E-state index < -0.39 is 10.0 Å². The molecule has 2 aromatic rings. The Kier molecular flexibility index (Phi) is 4.10. The third-order valence-electron chi connectivity index (χ3n) is 2.44. The summed E-state index contributed by atoms with van der Waals surface area (Å²) in [5.41, 5.74) is 3.14. The molecule has 2 aromatic heterocycles. The van der Waals surface area contributed by atoms with Crippen molar-refractivity contribution in [2.24, 2.45) is 5.84 Å². The van der Waals surface area contributed by atoms with Crippen molar-refractivity contribution >= 4 is 27.3 Å². The fraction of sp³-hybridized carbons (Fsp3) is 0.200. The Labute approximate surface area is 114 Å². The zero-order valence-electron chi connectivity index (χ0n) is 10.1. The highest BCUT2D eigenvalue weighted by Crippen LogP contribution is 2.18. The molecule has 0 aliphatic carbocycles. The first-order chi connectivity index (χ1) is 9.03. The van der Waals surface area contributed by atoms with Crippen molar-refractivity contribution in [2.45, 2.75) is 17.9 Å². The van der Waals surface area contributed by atoms with Gasteiger partial charge in [0.25, 0.3) is 0 Å². The van der Waals surface area contributed by atoms with Crippen LogP contribution in [0.1, 0.15) is 18.5 Å². The van der Waals surface area contributed by atoms with Gasteiger partial charge in [0, 0.05) is 6.04 Å². The molecule has 0 amide bonds. The molecular formula is C10H13N5O2S2. The molecule has 4 N–H and O–H groups in total. The molecule has 0 bridgehead atoms. The van der Waals surface area contributed by atoms with E-state index in [1.54, 1.807) is 6.92 Å². The van der Waals surface area contributed by atoms with Gasteiger partial charge < -0.3 is 0 Å². The van der Waals surface area contributed by atoms with Crippen molar-refractivity contribution in [1.29, 1.82) is 0 Å². The van der Waals surface area contributed by atoms with Crippen LogP contribution in [0.3, 0.4) is 0 Å². The Balaban J connectivity index is 2.17. The third kappa shape index (κ3) is 3.26. The van der Waals surface area contributed by atoms with Gasteiger partial charge in [0.15, 0.2) is 0 Å². The molecular weight excluding hydrogens is 286 g/mol. The number of hydrogen-bond donors (Lipinski definition) is 3. The number of sulfonamides is 1. The summed E-state index contributed by atoms with van der Waals surface area (Å²) in [5.74, 6) is 5.27. The monoisotopic (exact) mass is 299 g/mol. The van der Waals surface area contributed by atoms with Crippen LogP contribution in [0.25, 0.3) is 0 Å². The van der Waals surface area contributed by atoms with Gasteiger partial charge in [-0.2, -0.15) is 11.3 Å². The number of hydrogen-bond acceptors (Lipinski definition) is 7. The van der Waals surface area contributed by atoms with Crippen molar-refractivity contribution < 1.29 is 8.42 Å². The van der Waals surface area contributed by atoms with Gasteiger partial charge in [-0.1, -0.05) is 0 Å². The summed E-state index contributed by atoms with van der Waals surface area (Å²) in [5, 5.41) is 3.79. The molecule has 1 unspecified atom stereocenters. The van der Waals surface area contributed by atoms with Gasteiger partial charge in [0.1, 0.15) is 4.90 Å². The Morgan fingerprint density at radius 2 is 2.05 bits per heavy atom. The van der Waals surface area contributed by atoms with E-state index >= 15 is 0 Å². The molecule has 0 aliphatic heterocycles. The van der Waals surface area contributed by atoms with E-state index in [4.69, 9.17) is 5.84 Å². The fourth-order valence-electron chi connectivity index (χ4n) is 1.42. The second-order valence-electron chi connectivity index (χ2n) is 3.79. The zero-order chi connectivity index (χ0) is 13.9. The van der Waals surface area contributed by atoms with E-state index in [9.17, 15) is 8.42 Å². The molecule has 0 spiro atoms. The maximum absolute atomic E-state index is 12.1. The van der Waals surface area contributed by atoms with Crippen molar-refractivity contribution in [2.75, 3.05) is 5.43 Å². The Bertz CT molecular complexity index is 624. The molecule has 0 aromatic carbocycles. The van der Waals surface area contributed by atoms with Gasteiger partial charge in [-0.25, -0.2) is 29.0 Å². The van der Waals surface area contributed by atoms with Gasteiger partial charge in [-0.05, 0) is 29.3 Å². The van der Waals surface area contributed by atoms with Crippen LogP contribution in [0, 0.1) is 0 Å². The number of nitrogen functional groups attached to an aromatic ring is 1. The number of aromatic nitrogens is 2. The number of anilines is 1. The molecule has 9 heteroatoms. The van der Waals surface area contributed by atoms with Gasteiger partial charge in [-0.15, -0.1) is 0 Å². The smallest absolute Gasteiger partial charge is 0.244 e. The minimum absolute atomic E-state index is 0.00594. The minimum Gasteiger partial charge on any atom is -0.292 e. The summed E-state index contributed by atoms with van der Waals surface area (Å²) in [4.78, 5) is 7.53. The lowest BCUT2D eigenvalue weighted by Crippen LogP contribution is -2.27. The predicted molar refractivity (Wildman–Crippen MR) is 72.9 cm³/mol. The lowest BCUT2D eigenvalue weighted by atomic mass is 10.2. The van der Waals surface area contributed by atoms with E-state index in [0.29, 0.717) is 0 Å². The average molecular weight is 299 g/mol. The first-order valence-electron chi connectivity index (χ1n) is 5.36. The first-order valence-corrected chi connectivity index (χ1v) is 7.78. The van der Waals surface area contributed by atoms with Crippen LogP contribution >= 0.6 is 11.3 Å². The predicted octanol–water partition coefficient (Wildman–Crippen LogP) is 0.863. The van der Waals surface area contributed by atoms with E-state index in [1.807, 2.05) is 16.8 Å². The van der Waals surface area contributed by atoms with Crippen molar-refractivity contribution in [3.05, 3.63) is 34.8 Å². The van der Waals surface area contributed by atoms with Gasteiger partial charge in [0.05, 0.1) is 12.4 Å². The lowest BCUT2D eigenvalue weighted by molar-refractivity contribution is 0.566. The summed E-state index contributed by atoms with van der Waals surface area (Å²) in [7, 11) is -3.65. The highest BCUT2D eigenvalue weighted by Gasteiger charge is 2.19. The van der Waals surface area contributed by atoms with Gasteiger partial charge in [-0.3, -0.25) is 5.43 Å². The van der Waals surface area contributed by atoms with Crippen LogP contribution in [0.4, 0.5) is 5.95 Å². The van der Waals surface area contributed by atoms with E-state index in [0.717, 1.165) is 5.56 Å². The summed E-state index contributed by atoms with van der Waals surface area (Å²) < 4.78 is 26.8. The topological polar surface area (TPSA) is 110 Å². The molecule has 7 nitrogen and oxygen atoms in total. The van der Waals surface area contributed by atoms with Crippen LogP contribution in [0.5, 0.6) is 0 Å². The number of nitrogens with one attached hydrogen (secondary N) is 2. The Morgan fingerprint density at radius 1 is 1.37 bits per heavy atom. The number of nitrogens with zero attached hydrogens (tertiary/aromatic N) is 2. The Hall–Kier alpha value is -1.55. The standard InChI is InChI=1S/C10H13N5O2S2/c1-7(8-2-3-18-6-8)15-19(16,17)9-4-12-10(14-11)13-5-9/h2-7,15H,11H2,1H3,(H,12,13,14). The highest BCUT2D eigenvalue weighted by atomic mass is 32.2. The molecule has 19 heavy (non-hydrogen) atoms. The molecule has 2 rings (SSSR count). The lowest BCUT2D eigenvalue weighted by Gasteiger charge is -2.12. The van der Waals surface area contributed by atoms with E-state index in [1.165, 1.54) is 23.7 Å². The Morgan fingerprint density at radius 3 is 2.58 bits per heavy atom. The molecule has 0 aliphatic rings. The normalized spacial score (nSPS) is 13.2. The molecule has 0 fully saturated rings. The maximum atomic E-state index is 12.1. The van der Waals surface area contributed by atoms with Crippen LogP contribution < -0.4 is 16.0 Å². The number of nitrogens with two attached hydrogens (primary N) is 1. The van der Waals surface area contributed by atoms with Crippen molar-refractivity contribution in [1.82, 2.24) is 14.7 Å². The zero-order valence-corrected chi connectivity index (χ0v) is 11.7. The fourth-order valence-corrected chi connectivity index (χ4v) is 3.29. The third-order valence-corrected chi connectivity index (χ3v) is 4.64. The van der Waals surface area contributed by atoms with Gasteiger partial charge in [0.2, 0.25) is 16.0 Å². The average Bonchev–Trinajstić information content (AvgIpc) is 2.92. The summed E-state index contributed by atoms with van der Waals surface area (Å²) in [6, 6.07) is 1.55. The van der Waals surface area contributed by atoms with Crippen LogP contribution in [-0.2, 0) is 10.0 Å². The van der Waals surface area contributed by atoms with Gasteiger partial charge >= 0.3 is 0 Å². The SMILES string of the molecule is CC(NS(=O)(=O)c1cnc(NN)nc1)c1ccsc1. The first kappa shape index (κ1) is 13.9.